The number of nitrogens with zero attached hydrogens (tertiary/aromatic N) is 6. The van der Waals surface area contributed by atoms with Gasteiger partial charge >= 0.3 is 6.09 Å². The highest BCUT2D eigenvalue weighted by Gasteiger charge is 2.48. The fourth-order valence-electron chi connectivity index (χ4n) is 3.80. The third-order valence-electron chi connectivity index (χ3n) is 5.51. The Morgan fingerprint density at radius 3 is 2.69 bits per heavy atom. The van der Waals surface area contributed by atoms with E-state index in [-0.39, 0.29) is 18.0 Å². The van der Waals surface area contributed by atoms with Gasteiger partial charge in [-0.1, -0.05) is 13.3 Å². The summed E-state index contributed by atoms with van der Waals surface area (Å²) in [5.41, 5.74) is -0.428. The first kappa shape index (κ1) is 18.6. The van der Waals surface area contributed by atoms with Gasteiger partial charge in [-0.2, -0.15) is 0 Å². The van der Waals surface area contributed by atoms with Gasteiger partial charge in [0.25, 0.3) is 0 Å². The number of piperidine rings is 1. The van der Waals surface area contributed by atoms with Crippen molar-refractivity contribution in [3.05, 3.63) is 5.82 Å². The summed E-state index contributed by atoms with van der Waals surface area (Å²) in [5.74, 6) is 0.796. The Hall–Kier alpha value is -2.19. The summed E-state index contributed by atoms with van der Waals surface area (Å²) in [6.07, 6.45) is 3.58. The zero-order chi connectivity index (χ0) is 18.7. The number of rotatable bonds is 6. The molecule has 0 aromatic carbocycles. The standard InChI is InChI=1S/C17H28N6O3/c1-4-5-13(2)22-12-17(26-16(22)25)7-10-21(11-8-17)15(24)6-9-23-14(3)18-19-20-23/h13H,4-12H2,1-3H3/t13-/m1/s1. The molecule has 2 aliphatic heterocycles. The van der Waals surface area contributed by atoms with Gasteiger partial charge < -0.3 is 14.5 Å². The van der Waals surface area contributed by atoms with Crippen molar-refractivity contribution in [1.29, 1.82) is 0 Å². The Morgan fingerprint density at radius 1 is 1.35 bits per heavy atom. The first-order valence-corrected chi connectivity index (χ1v) is 9.44. The van der Waals surface area contributed by atoms with Crippen molar-refractivity contribution in [3.63, 3.8) is 0 Å². The fraction of sp³-hybridized carbons (Fsp3) is 0.824. The molecule has 0 aliphatic carbocycles. The Labute approximate surface area is 153 Å². The summed E-state index contributed by atoms with van der Waals surface area (Å²) in [6.45, 7) is 8.37. The summed E-state index contributed by atoms with van der Waals surface area (Å²) in [6, 6.07) is 0.200. The van der Waals surface area contributed by atoms with E-state index in [9.17, 15) is 9.59 Å². The van der Waals surface area contributed by atoms with E-state index in [2.05, 4.69) is 29.4 Å². The summed E-state index contributed by atoms with van der Waals surface area (Å²) in [5, 5.41) is 11.3. The zero-order valence-electron chi connectivity index (χ0n) is 15.8. The minimum Gasteiger partial charge on any atom is -0.441 e. The molecule has 1 aromatic heterocycles. The Balaban J connectivity index is 1.50. The molecular weight excluding hydrogens is 336 g/mol. The third-order valence-corrected chi connectivity index (χ3v) is 5.51. The van der Waals surface area contributed by atoms with Gasteiger partial charge in [0.1, 0.15) is 11.4 Å². The van der Waals surface area contributed by atoms with Gasteiger partial charge in [-0.3, -0.25) is 4.79 Å². The number of aryl methyl sites for hydroxylation is 2. The normalized spacial score (nSPS) is 20.5. The van der Waals surface area contributed by atoms with Crippen molar-refractivity contribution >= 4 is 12.0 Å². The quantitative estimate of drug-likeness (QED) is 0.757. The van der Waals surface area contributed by atoms with E-state index < -0.39 is 5.60 Å². The van der Waals surface area contributed by atoms with E-state index in [1.165, 1.54) is 0 Å². The molecule has 0 bridgehead atoms. The van der Waals surface area contributed by atoms with Crippen LogP contribution in [0.4, 0.5) is 4.79 Å². The van der Waals surface area contributed by atoms with Crippen molar-refractivity contribution in [2.24, 2.45) is 0 Å². The summed E-state index contributed by atoms with van der Waals surface area (Å²) in [7, 11) is 0. The molecule has 0 saturated carbocycles. The Kier molecular flexibility index (Phi) is 5.43. The second-order valence-electron chi connectivity index (χ2n) is 7.40. The average molecular weight is 364 g/mol. The molecule has 1 spiro atoms. The van der Waals surface area contributed by atoms with Gasteiger partial charge in [0.05, 0.1) is 13.1 Å². The third kappa shape index (κ3) is 3.81. The number of amides is 2. The number of likely N-dealkylation sites (tertiary alicyclic amines) is 1. The molecule has 3 rings (SSSR count). The lowest BCUT2D eigenvalue weighted by molar-refractivity contribution is -0.134. The van der Waals surface area contributed by atoms with E-state index in [1.807, 2.05) is 16.7 Å². The van der Waals surface area contributed by atoms with Crippen LogP contribution in [0.5, 0.6) is 0 Å². The van der Waals surface area contributed by atoms with Gasteiger partial charge in [0, 0.05) is 38.4 Å². The lowest BCUT2D eigenvalue weighted by Crippen LogP contribution is -2.49. The molecule has 2 fully saturated rings. The summed E-state index contributed by atoms with van der Waals surface area (Å²) >= 11 is 0. The highest BCUT2D eigenvalue weighted by atomic mass is 16.6. The molecule has 26 heavy (non-hydrogen) atoms. The van der Waals surface area contributed by atoms with E-state index in [1.54, 1.807) is 4.68 Å². The van der Waals surface area contributed by atoms with E-state index in [0.29, 0.717) is 51.3 Å². The van der Waals surface area contributed by atoms with Crippen molar-refractivity contribution in [2.45, 2.75) is 71.1 Å². The fourth-order valence-corrected chi connectivity index (χ4v) is 3.80. The van der Waals surface area contributed by atoms with Crippen LogP contribution < -0.4 is 0 Å². The second kappa shape index (κ2) is 7.59. The molecule has 1 aromatic rings. The maximum absolute atomic E-state index is 12.5. The monoisotopic (exact) mass is 364 g/mol. The maximum Gasteiger partial charge on any atom is 0.410 e. The maximum atomic E-state index is 12.5. The number of carbonyl (C=O) groups excluding carboxylic acids is 2. The highest BCUT2D eigenvalue weighted by molar-refractivity contribution is 5.76. The van der Waals surface area contributed by atoms with Crippen molar-refractivity contribution < 1.29 is 14.3 Å². The first-order valence-electron chi connectivity index (χ1n) is 9.44. The molecule has 2 amide bonds. The molecule has 144 valence electrons. The molecule has 0 N–H and O–H groups in total. The van der Waals surface area contributed by atoms with Gasteiger partial charge in [-0.15, -0.1) is 5.10 Å². The van der Waals surface area contributed by atoms with Gasteiger partial charge in [-0.25, -0.2) is 9.48 Å². The average Bonchev–Trinajstić information content (AvgIpc) is 3.17. The molecule has 9 heteroatoms. The van der Waals surface area contributed by atoms with Crippen LogP contribution in [0.15, 0.2) is 0 Å². The van der Waals surface area contributed by atoms with Crippen molar-refractivity contribution in [3.8, 4) is 0 Å². The Bertz CT molecular complexity index is 653. The lowest BCUT2D eigenvalue weighted by atomic mass is 9.90. The number of tetrazole rings is 1. The molecule has 2 aliphatic rings. The van der Waals surface area contributed by atoms with Crippen LogP contribution in [-0.2, 0) is 16.1 Å². The smallest absolute Gasteiger partial charge is 0.410 e. The minimum atomic E-state index is -0.428. The lowest BCUT2D eigenvalue weighted by Gasteiger charge is -2.37. The molecule has 9 nitrogen and oxygen atoms in total. The van der Waals surface area contributed by atoms with Crippen molar-refractivity contribution in [1.82, 2.24) is 30.0 Å². The molecule has 3 heterocycles. The molecule has 1 atom stereocenters. The van der Waals surface area contributed by atoms with Crippen LogP contribution in [0, 0.1) is 6.92 Å². The molecule has 0 unspecified atom stereocenters. The first-order chi connectivity index (χ1) is 12.4. The van der Waals surface area contributed by atoms with Crippen LogP contribution in [0.1, 0.15) is 51.8 Å². The number of hydrogen-bond acceptors (Lipinski definition) is 6. The van der Waals surface area contributed by atoms with E-state index >= 15 is 0 Å². The second-order valence-corrected chi connectivity index (χ2v) is 7.40. The predicted octanol–water partition coefficient (Wildman–Crippen LogP) is 1.37. The largest absolute Gasteiger partial charge is 0.441 e. The topological polar surface area (TPSA) is 93.5 Å². The minimum absolute atomic E-state index is 0.0929. The van der Waals surface area contributed by atoms with Crippen LogP contribution in [0.25, 0.3) is 0 Å². The van der Waals surface area contributed by atoms with Crippen molar-refractivity contribution in [2.75, 3.05) is 19.6 Å². The Morgan fingerprint density at radius 2 is 2.08 bits per heavy atom. The zero-order valence-corrected chi connectivity index (χ0v) is 15.8. The molecular formula is C17H28N6O3. The molecule has 2 saturated heterocycles. The van der Waals surface area contributed by atoms with Crippen LogP contribution in [0.3, 0.4) is 0 Å². The van der Waals surface area contributed by atoms with E-state index in [4.69, 9.17) is 4.74 Å². The summed E-state index contributed by atoms with van der Waals surface area (Å²) in [4.78, 5) is 28.4. The number of hydrogen-bond donors (Lipinski definition) is 0. The highest BCUT2D eigenvalue weighted by Crippen LogP contribution is 2.34. The van der Waals surface area contributed by atoms with Crippen LogP contribution >= 0.6 is 0 Å². The van der Waals surface area contributed by atoms with Gasteiger partial charge in [0.2, 0.25) is 5.91 Å². The van der Waals surface area contributed by atoms with Gasteiger partial charge in [0.15, 0.2) is 0 Å². The molecule has 0 radical (unpaired) electrons. The SMILES string of the molecule is CCC[C@@H](C)N1CC2(CCN(C(=O)CCn3nnnc3C)CC2)OC1=O. The van der Waals surface area contributed by atoms with Crippen LogP contribution in [-0.4, -0.2) is 73.3 Å². The number of aromatic nitrogens is 4. The van der Waals surface area contributed by atoms with Gasteiger partial charge in [-0.05, 0) is 30.7 Å². The van der Waals surface area contributed by atoms with E-state index in [0.717, 1.165) is 12.8 Å². The summed E-state index contributed by atoms with van der Waals surface area (Å²) < 4.78 is 7.38. The predicted molar refractivity (Wildman–Crippen MR) is 93.3 cm³/mol. The van der Waals surface area contributed by atoms with Crippen LogP contribution in [0.2, 0.25) is 0 Å². The number of carbonyl (C=O) groups is 2. The number of ether oxygens (including phenoxy) is 1.